The summed E-state index contributed by atoms with van der Waals surface area (Å²) in [4.78, 5) is 3.16. The predicted octanol–water partition coefficient (Wildman–Crippen LogP) is 1.83. The first-order chi connectivity index (χ1) is 9.54. The number of anilines is 1. The van der Waals surface area contributed by atoms with Crippen molar-refractivity contribution >= 4 is 26.6 Å². The molecule has 0 saturated heterocycles. The number of nitrogen functional groups attached to an aromatic ring is 1. The van der Waals surface area contributed by atoms with Gasteiger partial charge < -0.3 is 10.7 Å². The second-order valence-electron chi connectivity index (χ2n) is 4.52. The van der Waals surface area contributed by atoms with Crippen molar-refractivity contribution in [1.82, 2.24) is 9.71 Å². The lowest BCUT2D eigenvalue weighted by atomic mass is 10.2. The molecule has 106 valence electrons. The average Bonchev–Trinajstić information content (AvgIpc) is 2.82. The third-order valence-corrected chi connectivity index (χ3v) is 4.50. The first-order valence-corrected chi connectivity index (χ1v) is 7.82. The summed E-state index contributed by atoms with van der Waals surface area (Å²) in [6.45, 7) is 0.381. The minimum Gasteiger partial charge on any atom is -0.399 e. The van der Waals surface area contributed by atoms with Crippen LogP contribution in [-0.4, -0.2) is 19.9 Å². The van der Waals surface area contributed by atoms with Crippen LogP contribution in [0.3, 0.4) is 0 Å². The monoisotopic (exact) mass is 291 g/mol. The Hall–Kier alpha value is -1.97. The predicted molar refractivity (Wildman–Crippen MR) is 80.6 cm³/mol. The molecule has 2 aromatic rings. The highest BCUT2D eigenvalue weighted by molar-refractivity contribution is 7.89. The van der Waals surface area contributed by atoms with Crippen LogP contribution in [0.15, 0.2) is 29.3 Å². The largest absolute Gasteiger partial charge is 0.399 e. The number of aromatic amines is 1. The van der Waals surface area contributed by atoms with Gasteiger partial charge in [0.2, 0.25) is 10.0 Å². The van der Waals surface area contributed by atoms with Crippen LogP contribution in [0.1, 0.15) is 19.3 Å². The number of hydrogen-bond acceptors (Lipinski definition) is 3. The molecule has 4 N–H and O–H groups in total. The van der Waals surface area contributed by atoms with Gasteiger partial charge in [-0.25, -0.2) is 13.1 Å². The maximum absolute atomic E-state index is 12.2. The molecule has 0 radical (unpaired) electrons. The van der Waals surface area contributed by atoms with Crippen LogP contribution in [0, 0.1) is 12.3 Å². The first kappa shape index (κ1) is 14.4. The second-order valence-corrected chi connectivity index (χ2v) is 6.25. The van der Waals surface area contributed by atoms with Gasteiger partial charge in [0.05, 0.1) is 0 Å². The van der Waals surface area contributed by atoms with Crippen molar-refractivity contribution in [2.24, 2.45) is 0 Å². The molecule has 0 aliphatic carbocycles. The van der Waals surface area contributed by atoms with Gasteiger partial charge in [-0.1, -0.05) is 0 Å². The fourth-order valence-electron chi connectivity index (χ4n) is 1.98. The van der Waals surface area contributed by atoms with Gasteiger partial charge in [0, 0.05) is 35.8 Å². The van der Waals surface area contributed by atoms with Crippen molar-refractivity contribution < 1.29 is 8.42 Å². The quantitative estimate of drug-likeness (QED) is 0.431. The van der Waals surface area contributed by atoms with E-state index >= 15 is 0 Å². The number of rotatable bonds is 6. The van der Waals surface area contributed by atoms with Crippen molar-refractivity contribution in [3.8, 4) is 12.3 Å². The molecule has 0 atom stereocenters. The molecule has 1 aromatic heterocycles. The summed E-state index contributed by atoms with van der Waals surface area (Å²) in [5, 5.41) is 0.635. The van der Waals surface area contributed by atoms with E-state index in [9.17, 15) is 8.42 Å². The van der Waals surface area contributed by atoms with Gasteiger partial charge >= 0.3 is 0 Å². The molecule has 0 spiro atoms. The standard InChI is InChI=1S/C14H17N3O2S/c1-2-3-4-5-8-17-20(18,19)14-10-16-13-9-11(15)6-7-12(13)14/h1,6-7,9-10,16-17H,3-5,8,15H2. The van der Waals surface area contributed by atoms with E-state index in [1.54, 1.807) is 18.2 Å². The number of H-pyrrole nitrogens is 1. The number of hydrogen-bond donors (Lipinski definition) is 3. The van der Waals surface area contributed by atoms with Gasteiger partial charge in [0.1, 0.15) is 4.90 Å². The maximum atomic E-state index is 12.2. The van der Waals surface area contributed by atoms with E-state index in [0.29, 0.717) is 29.6 Å². The van der Waals surface area contributed by atoms with Crippen LogP contribution in [-0.2, 0) is 10.0 Å². The zero-order chi connectivity index (χ0) is 14.6. The number of sulfonamides is 1. The Morgan fingerprint density at radius 1 is 1.35 bits per heavy atom. The van der Waals surface area contributed by atoms with Gasteiger partial charge in [0.15, 0.2) is 0 Å². The molecule has 0 unspecified atom stereocenters. The van der Waals surface area contributed by atoms with Crippen molar-refractivity contribution in [3.05, 3.63) is 24.4 Å². The Balaban J connectivity index is 2.14. The smallest absolute Gasteiger partial charge is 0.242 e. The van der Waals surface area contributed by atoms with Crippen LogP contribution in [0.25, 0.3) is 10.9 Å². The van der Waals surface area contributed by atoms with Crippen molar-refractivity contribution in [2.45, 2.75) is 24.2 Å². The van der Waals surface area contributed by atoms with E-state index in [0.717, 1.165) is 12.8 Å². The average molecular weight is 291 g/mol. The zero-order valence-electron chi connectivity index (χ0n) is 11.0. The van der Waals surface area contributed by atoms with Crippen LogP contribution < -0.4 is 10.5 Å². The van der Waals surface area contributed by atoms with Gasteiger partial charge in [-0.2, -0.15) is 0 Å². The van der Waals surface area contributed by atoms with Crippen molar-refractivity contribution in [3.63, 3.8) is 0 Å². The fraction of sp³-hybridized carbons (Fsp3) is 0.286. The molecule has 1 aromatic carbocycles. The molecule has 0 aliphatic heterocycles. The van der Waals surface area contributed by atoms with E-state index in [4.69, 9.17) is 12.2 Å². The molecule has 2 rings (SSSR count). The molecule has 0 amide bonds. The van der Waals surface area contributed by atoms with Gasteiger partial charge in [0.25, 0.3) is 0 Å². The number of benzene rings is 1. The maximum Gasteiger partial charge on any atom is 0.242 e. The van der Waals surface area contributed by atoms with E-state index < -0.39 is 10.0 Å². The summed E-state index contributed by atoms with van der Waals surface area (Å²) in [5.74, 6) is 2.53. The number of unbranched alkanes of at least 4 members (excludes halogenated alkanes) is 2. The van der Waals surface area contributed by atoms with E-state index in [1.165, 1.54) is 6.20 Å². The fourth-order valence-corrected chi connectivity index (χ4v) is 3.23. The summed E-state index contributed by atoms with van der Waals surface area (Å²) in [5.41, 5.74) is 6.96. The molecular weight excluding hydrogens is 274 g/mol. The van der Waals surface area contributed by atoms with Crippen molar-refractivity contribution in [1.29, 1.82) is 0 Å². The lowest BCUT2D eigenvalue weighted by Crippen LogP contribution is -2.24. The number of nitrogens with two attached hydrogens (primary N) is 1. The number of fused-ring (bicyclic) bond motifs is 1. The van der Waals surface area contributed by atoms with Crippen LogP contribution in [0.4, 0.5) is 5.69 Å². The van der Waals surface area contributed by atoms with E-state index in [-0.39, 0.29) is 4.90 Å². The zero-order valence-corrected chi connectivity index (χ0v) is 11.8. The van der Waals surface area contributed by atoms with Gasteiger partial charge in [-0.05, 0) is 31.0 Å². The molecule has 0 saturated carbocycles. The number of terminal acetylenes is 1. The molecule has 5 nitrogen and oxygen atoms in total. The summed E-state index contributed by atoms with van der Waals surface area (Å²) in [7, 11) is -3.52. The molecule has 0 fully saturated rings. The highest BCUT2D eigenvalue weighted by atomic mass is 32.2. The second kappa shape index (κ2) is 5.99. The van der Waals surface area contributed by atoms with E-state index in [1.807, 2.05) is 0 Å². The Bertz CT molecular complexity index is 741. The lowest BCUT2D eigenvalue weighted by molar-refractivity contribution is 0.578. The summed E-state index contributed by atoms with van der Waals surface area (Å²) in [6, 6.07) is 5.09. The van der Waals surface area contributed by atoms with Gasteiger partial charge in [-0.3, -0.25) is 0 Å². The number of nitrogens with one attached hydrogen (secondary N) is 2. The lowest BCUT2D eigenvalue weighted by Gasteiger charge is -2.05. The topological polar surface area (TPSA) is 88.0 Å². The molecule has 1 heterocycles. The Morgan fingerprint density at radius 2 is 2.15 bits per heavy atom. The third kappa shape index (κ3) is 3.13. The highest BCUT2D eigenvalue weighted by Gasteiger charge is 2.18. The molecule has 0 aliphatic rings. The minimum absolute atomic E-state index is 0.240. The Labute approximate surface area is 118 Å². The SMILES string of the molecule is C#CCCCCNS(=O)(=O)c1c[nH]c2cc(N)ccc12. The van der Waals surface area contributed by atoms with E-state index in [2.05, 4.69) is 15.6 Å². The Kier molecular flexibility index (Phi) is 4.32. The molecular formula is C14H17N3O2S. The normalized spacial score (nSPS) is 11.6. The molecule has 0 bridgehead atoms. The molecule has 20 heavy (non-hydrogen) atoms. The summed E-state index contributed by atoms with van der Waals surface area (Å²) < 4.78 is 27.0. The molecule has 6 heteroatoms. The van der Waals surface area contributed by atoms with Crippen LogP contribution in [0.2, 0.25) is 0 Å². The van der Waals surface area contributed by atoms with Crippen LogP contribution >= 0.6 is 0 Å². The summed E-state index contributed by atoms with van der Waals surface area (Å²) in [6.07, 6.45) is 8.82. The first-order valence-electron chi connectivity index (χ1n) is 6.34. The minimum atomic E-state index is -3.52. The Morgan fingerprint density at radius 3 is 2.90 bits per heavy atom. The van der Waals surface area contributed by atoms with Crippen molar-refractivity contribution in [2.75, 3.05) is 12.3 Å². The highest BCUT2D eigenvalue weighted by Crippen LogP contribution is 2.24. The summed E-state index contributed by atoms with van der Waals surface area (Å²) >= 11 is 0. The van der Waals surface area contributed by atoms with Crippen LogP contribution in [0.5, 0.6) is 0 Å². The third-order valence-electron chi connectivity index (χ3n) is 3.00. The number of aromatic nitrogens is 1. The van der Waals surface area contributed by atoms with Gasteiger partial charge in [-0.15, -0.1) is 12.3 Å².